The summed E-state index contributed by atoms with van der Waals surface area (Å²) in [6, 6.07) is 0. The predicted octanol–water partition coefficient (Wildman–Crippen LogP) is 1.48. The first kappa shape index (κ1) is 12.2. The molecule has 0 rings (SSSR count). The van der Waals surface area contributed by atoms with Crippen LogP contribution in [0.2, 0.25) is 0 Å². The molecule has 0 spiro atoms. The third kappa shape index (κ3) is 4.72. The summed E-state index contributed by atoms with van der Waals surface area (Å²) in [6.45, 7) is 5.62. The molecule has 13 heavy (non-hydrogen) atoms. The van der Waals surface area contributed by atoms with Crippen LogP contribution in [0, 0.1) is 11.8 Å². The van der Waals surface area contributed by atoms with E-state index in [0.29, 0.717) is 12.8 Å². The Bertz CT molecular complexity index is 226. The molecule has 0 amide bonds. The van der Waals surface area contributed by atoms with Gasteiger partial charge in [0.25, 0.3) is 0 Å². The molecule has 0 fully saturated rings. The van der Waals surface area contributed by atoms with Crippen LogP contribution in [0.15, 0.2) is 11.6 Å². The third-order valence-corrected chi connectivity index (χ3v) is 2.06. The zero-order chi connectivity index (χ0) is 10.3. The van der Waals surface area contributed by atoms with E-state index in [0.717, 1.165) is 5.57 Å². The summed E-state index contributed by atoms with van der Waals surface area (Å²) < 4.78 is 0. The molecule has 0 unspecified atom stereocenters. The van der Waals surface area contributed by atoms with E-state index in [4.69, 9.17) is 5.11 Å². The highest BCUT2D eigenvalue weighted by Crippen LogP contribution is 2.12. The first-order valence-corrected chi connectivity index (χ1v) is 4.61. The first-order chi connectivity index (χ1) is 6.08. The summed E-state index contributed by atoms with van der Waals surface area (Å²) in [6.07, 6.45) is 2.88. The smallest absolute Gasteiger partial charge is 0.125 e. The molecule has 0 saturated heterocycles. The van der Waals surface area contributed by atoms with E-state index in [1.807, 2.05) is 20.8 Å². The first-order valence-electron chi connectivity index (χ1n) is 4.61. The van der Waals surface area contributed by atoms with Crippen molar-refractivity contribution in [1.82, 2.24) is 0 Å². The van der Waals surface area contributed by atoms with Crippen LogP contribution in [0.1, 0.15) is 33.6 Å². The van der Waals surface area contributed by atoms with E-state index in [2.05, 4.69) is 11.8 Å². The van der Waals surface area contributed by atoms with Crippen LogP contribution in [-0.2, 0) is 0 Å². The molecule has 0 radical (unpaired) electrons. The van der Waals surface area contributed by atoms with Gasteiger partial charge in [-0.05, 0) is 31.4 Å². The highest BCUT2D eigenvalue weighted by atomic mass is 16.3. The maximum Gasteiger partial charge on any atom is 0.125 e. The molecule has 0 aliphatic carbocycles. The summed E-state index contributed by atoms with van der Waals surface area (Å²) in [5.41, 5.74) is -0.0762. The van der Waals surface area contributed by atoms with Crippen LogP contribution in [0.3, 0.4) is 0 Å². The summed E-state index contributed by atoms with van der Waals surface area (Å²) in [7, 11) is 0. The lowest BCUT2D eigenvalue weighted by Gasteiger charge is -2.16. The Morgan fingerprint density at radius 3 is 2.31 bits per heavy atom. The Morgan fingerprint density at radius 1 is 1.38 bits per heavy atom. The molecule has 0 aliphatic rings. The molecule has 0 atom stereocenters. The highest BCUT2D eigenvalue weighted by molar-refractivity contribution is 5.30. The van der Waals surface area contributed by atoms with E-state index < -0.39 is 5.60 Å². The highest BCUT2D eigenvalue weighted by Gasteiger charge is 2.17. The Balaban J connectivity index is 4.46. The lowest BCUT2D eigenvalue weighted by atomic mass is 9.98. The fourth-order valence-electron chi connectivity index (χ4n) is 0.830. The van der Waals surface area contributed by atoms with Gasteiger partial charge in [-0.1, -0.05) is 25.7 Å². The summed E-state index contributed by atoms with van der Waals surface area (Å²) in [5, 5.41) is 18.4. The second-order valence-corrected chi connectivity index (χ2v) is 3.06. The number of aliphatic hydroxyl groups is 2. The Hall–Kier alpha value is -0.780. The average Bonchev–Trinajstić information content (AvgIpc) is 2.15. The van der Waals surface area contributed by atoms with Gasteiger partial charge in [0, 0.05) is 0 Å². The van der Waals surface area contributed by atoms with Gasteiger partial charge in [0.15, 0.2) is 0 Å². The van der Waals surface area contributed by atoms with Crippen molar-refractivity contribution in [3.05, 3.63) is 11.6 Å². The molecule has 0 saturated carbocycles. The predicted molar refractivity (Wildman–Crippen MR) is 54.2 cm³/mol. The number of hydrogen-bond acceptors (Lipinski definition) is 2. The lowest BCUT2D eigenvalue weighted by molar-refractivity contribution is 0.0931. The number of rotatable bonds is 3. The SMILES string of the molecule is CCC(O)(C#CC(C)=CCO)CC. The van der Waals surface area contributed by atoms with Crippen molar-refractivity contribution in [1.29, 1.82) is 0 Å². The number of allylic oxidation sites excluding steroid dienone is 1. The standard InChI is InChI=1S/C11H18O2/c1-4-11(13,5-2)8-6-10(3)7-9-12/h7,12-13H,4-5,9H2,1-3H3. The molecule has 0 aromatic heterocycles. The molecule has 0 heterocycles. The fraction of sp³-hybridized carbons (Fsp3) is 0.636. The van der Waals surface area contributed by atoms with Crippen LogP contribution in [0.25, 0.3) is 0 Å². The number of hydrogen-bond donors (Lipinski definition) is 2. The van der Waals surface area contributed by atoms with Gasteiger partial charge in [0.1, 0.15) is 5.60 Å². The maximum absolute atomic E-state index is 9.78. The van der Waals surface area contributed by atoms with Gasteiger partial charge in [0.05, 0.1) is 6.61 Å². The molecule has 0 aromatic rings. The Kier molecular flexibility index (Phi) is 5.45. The number of aliphatic hydroxyl groups excluding tert-OH is 1. The quantitative estimate of drug-likeness (QED) is 0.649. The topological polar surface area (TPSA) is 40.5 Å². The molecule has 2 nitrogen and oxygen atoms in total. The van der Waals surface area contributed by atoms with E-state index in [-0.39, 0.29) is 6.61 Å². The summed E-state index contributed by atoms with van der Waals surface area (Å²) in [4.78, 5) is 0. The Labute approximate surface area is 80.3 Å². The van der Waals surface area contributed by atoms with Crippen molar-refractivity contribution in [3.8, 4) is 11.8 Å². The molecular formula is C11H18O2. The third-order valence-electron chi connectivity index (χ3n) is 2.06. The van der Waals surface area contributed by atoms with Crippen LogP contribution >= 0.6 is 0 Å². The van der Waals surface area contributed by atoms with Gasteiger partial charge in [0.2, 0.25) is 0 Å². The van der Waals surface area contributed by atoms with Gasteiger partial charge < -0.3 is 10.2 Å². The molecule has 2 heteroatoms. The van der Waals surface area contributed by atoms with Crippen molar-refractivity contribution in [2.45, 2.75) is 39.2 Å². The van der Waals surface area contributed by atoms with Gasteiger partial charge in [-0.15, -0.1) is 0 Å². The zero-order valence-corrected chi connectivity index (χ0v) is 8.59. The lowest BCUT2D eigenvalue weighted by Crippen LogP contribution is -2.23. The van der Waals surface area contributed by atoms with Gasteiger partial charge in [-0.25, -0.2) is 0 Å². The fourth-order valence-corrected chi connectivity index (χ4v) is 0.830. The monoisotopic (exact) mass is 182 g/mol. The van der Waals surface area contributed by atoms with Crippen molar-refractivity contribution in [3.63, 3.8) is 0 Å². The minimum atomic E-state index is -0.870. The van der Waals surface area contributed by atoms with Crippen LogP contribution in [0.4, 0.5) is 0 Å². The van der Waals surface area contributed by atoms with Gasteiger partial charge in [-0.3, -0.25) is 0 Å². The van der Waals surface area contributed by atoms with Gasteiger partial charge >= 0.3 is 0 Å². The Morgan fingerprint density at radius 2 is 1.92 bits per heavy atom. The second-order valence-electron chi connectivity index (χ2n) is 3.06. The second kappa shape index (κ2) is 5.80. The minimum absolute atomic E-state index is 0.00279. The van der Waals surface area contributed by atoms with Gasteiger partial charge in [-0.2, -0.15) is 0 Å². The maximum atomic E-state index is 9.78. The largest absolute Gasteiger partial charge is 0.392 e. The molecule has 0 bridgehead atoms. The molecular weight excluding hydrogens is 164 g/mol. The van der Waals surface area contributed by atoms with Crippen LogP contribution in [0.5, 0.6) is 0 Å². The van der Waals surface area contributed by atoms with Crippen LogP contribution < -0.4 is 0 Å². The summed E-state index contributed by atoms with van der Waals surface area (Å²) >= 11 is 0. The van der Waals surface area contributed by atoms with Crippen molar-refractivity contribution in [2.75, 3.05) is 6.61 Å². The van der Waals surface area contributed by atoms with E-state index in [1.165, 1.54) is 0 Å². The molecule has 74 valence electrons. The molecule has 2 N–H and O–H groups in total. The normalized spacial score (nSPS) is 12.2. The van der Waals surface area contributed by atoms with E-state index >= 15 is 0 Å². The average molecular weight is 182 g/mol. The minimum Gasteiger partial charge on any atom is -0.392 e. The molecule has 0 aromatic carbocycles. The van der Waals surface area contributed by atoms with E-state index in [9.17, 15) is 5.11 Å². The van der Waals surface area contributed by atoms with Crippen LogP contribution in [-0.4, -0.2) is 22.4 Å². The van der Waals surface area contributed by atoms with Crippen molar-refractivity contribution < 1.29 is 10.2 Å². The summed E-state index contributed by atoms with van der Waals surface area (Å²) in [5.74, 6) is 5.63. The van der Waals surface area contributed by atoms with E-state index in [1.54, 1.807) is 6.08 Å². The zero-order valence-electron chi connectivity index (χ0n) is 8.59. The molecule has 0 aliphatic heterocycles. The van der Waals surface area contributed by atoms with Crippen molar-refractivity contribution in [2.24, 2.45) is 0 Å². The van der Waals surface area contributed by atoms with Crippen molar-refractivity contribution >= 4 is 0 Å².